The minimum Gasteiger partial charge on any atom is -0.473 e. The van der Waals surface area contributed by atoms with Crippen molar-refractivity contribution < 1.29 is 9.13 Å². The van der Waals surface area contributed by atoms with Gasteiger partial charge in [0, 0.05) is 31.4 Å². The third-order valence-electron chi connectivity index (χ3n) is 4.13. The molecule has 1 aliphatic rings. The third kappa shape index (κ3) is 4.06. The maximum absolute atomic E-state index is 14.0. The van der Waals surface area contributed by atoms with Crippen molar-refractivity contribution in [2.75, 3.05) is 13.1 Å². The lowest BCUT2D eigenvalue weighted by Gasteiger charge is -2.31. The van der Waals surface area contributed by atoms with E-state index in [1.807, 2.05) is 13.0 Å². The van der Waals surface area contributed by atoms with Crippen molar-refractivity contribution in [2.24, 2.45) is 0 Å². The van der Waals surface area contributed by atoms with E-state index in [1.54, 1.807) is 24.5 Å². The van der Waals surface area contributed by atoms with Gasteiger partial charge in [-0.3, -0.25) is 9.88 Å². The molecule has 0 amide bonds. The molecular formula is C18H19FN4O. The summed E-state index contributed by atoms with van der Waals surface area (Å²) in [6.07, 6.45) is 5.18. The quantitative estimate of drug-likeness (QED) is 0.864. The van der Waals surface area contributed by atoms with Crippen LogP contribution in [0.4, 0.5) is 4.39 Å². The summed E-state index contributed by atoms with van der Waals surface area (Å²) in [5, 5.41) is 8.79. The SMILES string of the molecule is Cc1cncc(OC2CCN(Cc3ccc(C#N)cc3F)CC2)n1. The van der Waals surface area contributed by atoms with Crippen molar-refractivity contribution >= 4 is 0 Å². The smallest absolute Gasteiger partial charge is 0.232 e. The van der Waals surface area contributed by atoms with Crippen molar-refractivity contribution in [1.82, 2.24) is 14.9 Å². The fourth-order valence-electron chi connectivity index (χ4n) is 2.84. The van der Waals surface area contributed by atoms with Crippen LogP contribution in [0.3, 0.4) is 0 Å². The molecule has 0 atom stereocenters. The van der Waals surface area contributed by atoms with Gasteiger partial charge in [-0.25, -0.2) is 9.37 Å². The number of ether oxygens (including phenoxy) is 1. The summed E-state index contributed by atoms with van der Waals surface area (Å²) in [5.41, 5.74) is 1.81. The highest BCUT2D eigenvalue weighted by Crippen LogP contribution is 2.20. The monoisotopic (exact) mass is 326 g/mol. The molecule has 6 heteroatoms. The largest absolute Gasteiger partial charge is 0.473 e. The molecule has 1 aromatic heterocycles. The van der Waals surface area contributed by atoms with Crippen LogP contribution in [0, 0.1) is 24.1 Å². The molecule has 1 aliphatic heterocycles. The number of hydrogen-bond donors (Lipinski definition) is 0. The van der Waals surface area contributed by atoms with Crippen LogP contribution in [0.1, 0.15) is 29.7 Å². The van der Waals surface area contributed by atoms with Crippen LogP contribution in [-0.2, 0) is 6.54 Å². The molecule has 0 saturated carbocycles. The molecule has 124 valence electrons. The van der Waals surface area contributed by atoms with E-state index in [0.29, 0.717) is 23.6 Å². The lowest BCUT2D eigenvalue weighted by Crippen LogP contribution is -2.38. The van der Waals surface area contributed by atoms with Crippen LogP contribution in [0.25, 0.3) is 0 Å². The number of hydrogen-bond acceptors (Lipinski definition) is 5. The maximum atomic E-state index is 14.0. The molecule has 1 fully saturated rings. The average molecular weight is 326 g/mol. The molecule has 3 rings (SSSR count). The standard InChI is InChI=1S/C18H19FN4O/c1-13-10-21-11-18(22-13)24-16-4-6-23(7-5-16)12-15-3-2-14(9-20)8-17(15)19/h2-3,8,10-11,16H,4-7,12H2,1H3. The van der Waals surface area contributed by atoms with Gasteiger partial charge in [0.25, 0.3) is 0 Å². The van der Waals surface area contributed by atoms with Crippen molar-refractivity contribution in [3.63, 3.8) is 0 Å². The highest BCUT2D eigenvalue weighted by molar-refractivity contribution is 5.32. The van der Waals surface area contributed by atoms with Gasteiger partial charge in [0.05, 0.1) is 23.5 Å². The van der Waals surface area contributed by atoms with Gasteiger partial charge < -0.3 is 4.74 Å². The molecule has 24 heavy (non-hydrogen) atoms. The molecule has 2 aromatic rings. The van der Waals surface area contributed by atoms with Crippen LogP contribution < -0.4 is 4.74 Å². The van der Waals surface area contributed by atoms with Gasteiger partial charge in [-0.05, 0) is 31.9 Å². The lowest BCUT2D eigenvalue weighted by atomic mass is 10.1. The number of likely N-dealkylation sites (tertiary alicyclic amines) is 1. The van der Waals surface area contributed by atoms with E-state index in [-0.39, 0.29) is 11.9 Å². The van der Waals surface area contributed by atoms with Crippen LogP contribution in [-0.4, -0.2) is 34.1 Å². The minimum absolute atomic E-state index is 0.114. The van der Waals surface area contributed by atoms with E-state index in [0.717, 1.165) is 31.6 Å². The van der Waals surface area contributed by atoms with E-state index in [4.69, 9.17) is 10.00 Å². The summed E-state index contributed by atoms with van der Waals surface area (Å²) in [6.45, 7) is 4.11. The first-order chi connectivity index (χ1) is 11.6. The van der Waals surface area contributed by atoms with Crippen LogP contribution in [0.15, 0.2) is 30.6 Å². The zero-order valence-corrected chi connectivity index (χ0v) is 13.6. The molecule has 1 saturated heterocycles. The number of aryl methyl sites for hydroxylation is 1. The molecule has 2 heterocycles. The first-order valence-electron chi connectivity index (χ1n) is 8.00. The number of aromatic nitrogens is 2. The van der Waals surface area contributed by atoms with Gasteiger partial charge in [-0.15, -0.1) is 0 Å². The van der Waals surface area contributed by atoms with Crippen molar-refractivity contribution in [3.05, 3.63) is 53.2 Å². The number of nitriles is 1. The highest BCUT2D eigenvalue weighted by Gasteiger charge is 2.22. The summed E-state index contributed by atoms with van der Waals surface area (Å²) in [4.78, 5) is 10.6. The predicted octanol–water partition coefficient (Wildman–Crippen LogP) is 2.84. The number of piperidine rings is 1. The maximum Gasteiger partial charge on any atom is 0.232 e. The summed E-state index contributed by atoms with van der Waals surface area (Å²) < 4.78 is 19.9. The Labute approximate surface area is 140 Å². The van der Waals surface area contributed by atoms with E-state index < -0.39 is 0 Å². The van der Waals surface area contributed by atoms with Crippen LogP contribution in [0.5, 0.6) is 5.88 Å². The Hall–Kier alpha value is -2.52. The number of halogens is 1. The average Bonchev–Trinajstić information content (AvgIpc) is 2.58. The van der Waals surface area contributed by atoms with E-state index in [2.05, 4.69) is 14.9 Å². The number of rotatable bonds is 4. The molecule has 5 nitrogen and oxygen atoms in total. The third-order valence-corrected chi connectivity index (χ3v) is 4.13. The summed E-state index contributed by atoms with van der Waals surface area (Å²) in [5.74, 6) is 0.244. The van der Waals surface area contributed by atoms with Gasteiger partial charge >= 0.3 is 0 Å². The normalized spacial score (nSPS) is 15.9. The fraction of sp³-hybridized carbons (Fsp3) is 0.389. The number of nitrogens with zero attached hydrogens (tertiary/aromatic N) is 4. The Morgan fingerprint density at radius 3 is 2.79 bits per heavy atom. The van der Waals surface area contributed by atoms with Crippen molar-refractivity contribution in [1.29, 1.82) is 5.26 Å². The van der Waals surface area contributed by atoms with Crippen LogP contribution in [0.2, 0.25) is 0 Å². The molecule has 1 aromatic carbocycles. The molecular weight excluding hydrogens is 307 g/mol. The van der Waals surface area contributed by atoms with Gasteiger partial charge in [-0.1, -0.05) is 6.07 Å². The zero-order chi connectivity index (χ0) is 16.9. The molecule has 0 unspecified atom stereocenters. The zero-order valence-electron chi connectivity index (χ0n) is 13.6. The van der Waals surface area contributed by atoms with E-state index >= 15 is 0 Å². The second kappa shape index (κ2) is 7.37. The first kappa shape index (κ1) is 16.3. The summed E-state index contributed by atoms with van der Waals surface area (Å²) in [6, 6.07) is 6.59. The Morgan fingerprint density at radius 1 is 1.33 bits per heavy atom. The molecule has 0 N–H and O–H groups in total. The van der Waals surface area contributed by atoms with Gasteiger partial charge in [0.2, 0.25) is 5.88 Å². The topological polar surface area (TPSA) is 62.0 Å². The fourth-order valence-corrected chi connectivity index (χ4v) is 2.84. The second-order valence-electron chi connectivity index (χ2n) is 6.01. The Morgan fingerprint density at radius 2 is 2.12 bits per heavy atom. The summed E-state index contributed by atoms with van der Waals surface area (Å²) in [7, 11) is 0. The Kier molecular flexibility index (Phi) is 5.02. The van der Waals surface area contributed by atoms with Gasteiger partial charge in [-0.2, -0.15) is 5.26 Å². The molecule has 0 radical (unpaired) electrons. The summed E-state index contributed by atoms with van der Waals surface area (Å²) >= 11 is 0. The lowest BCUT2D eigenvalue weighted by molar-refractivity contribution is 0.0922. The van der Waals surface area contributed by atoms with Crippen molar-refractivity contribution in [2.45, 2.75) is 32.4 Å². The van der Waals surface area contributed by atoms with Gasteiger partial charge in [0.1, 0.15) is 11.9 Å². The molecule has 0 spiro atoms. The second-order valence-corrected chi connectivity index (χ2v) is 6.01. The molecule has 0 bridgehead atoms. The van der Waals surface area contributed by atoms with Crippen molar-refractivity contribution in [3.8, 4) is 11.9 Å². The highest BCUT2D eigenvalue weighted by atomic mass is 19.1. The Bertz CT molecular complexity index is 751. The van der Waals surface area contributed by atoms with Crippen LogP contribution >= 0.6 is 0 Å². The van der Waals surface area contributed by atoms with E-state index in [1.165, 1.54) is 6.07 Å². The minimum atomic E-state index is -0.317. The Balaban J connectivity index is 1.53. The molecule has 0 aliphatic carbocycles. The predicted molar refractivity (Wildman–Crippen MR) is 86.8 cm³/mol. The first-order valence-corrected chi connectivity index (χ1v) is 8.00. The number of benzene rings is 1. The van der Waals surface area contributed by atoms with E-state index in [9.17, 15) is 4.39 Å². The van der Waals surface area contributed by atoms with Gasteiger partial charge in [0.15, 0.2) is 0 Å².